The number of ether oxygens (including phenoxy) is 1. The fourth-order valence-corrected chi connectivity index (χ4v) is 5.47. The fraction of sp³-hybridized carbons (Fsp3) is 0.423. The summed E-state index contributed by atoms with van der Waals surface area (Å²) in [5.41, 5.74) is 6.31. The summed E-state index contributed by atoms with van der Waals surface area (Å²) in [5.74, 6) is 1.66. The van der Waals surface area contributed by atoms with Crippen molar-refractivity contribution in [2.75, 3.05) is 25.0 Å². The van der Waals surface area contributed by atoms with Crippen molar-refractivity contribution >= 4 is 22.9 Å². The zero-order valence-electron chi connectivity index (χ0n) is 17.9. The van der Waals surface area contributed by atoms with Crippen LogP contribution in [0.25, 0.3) is 11.1 Å². The predicted molar refractivity (Wildman–Crippen MR) is 128 cm³/mol. The van der Waals surface area contributed by atoms with E-state index in [1.54, 1.807) is 0 Å². The van der Waals surface area contributed by atoms with Gasteiger partial charge in [-0.3, -0.25) is 4.90 Å². The topological polar surface area (TPSA) is 24.5 Å². The van der Waals surface area contributed by atoms with E-state index in [1.165, 1.54) is 36.1 Å². The van der Waals surface area contributed by atoms with Crippen LogP contribution in [-0.4, -0.2) is 35.6 Å². The molecule has 0 saturated carbocycles. The maximum atomic E-state index is 6.13. The molecule has 2 unspecified atom stereocenters. The average molecular weight is 419 g/mol. The van der Waals surface area contributed by atoms with Gasteiger partial charge in [-0.25, -0.2) is 0 Å². The molecule has 0 aromatic heterocycles. The molecule has 0 bridgehead atoms. The third-order valence-corrected chi connectivity index (χ3v) is 6.92. The SMILES string of the molecule is CC(C)COc1ccccc1-c1ccc2c(c1)C(C1=CCN3CCCC3C1)C(=S)N2. The van der Waals surface area contributed by atoms with Crippen molar-refractivity contribution < 1.29 is 4.74 Å². The van der Waals surface area contributed by atoms with Crippen LogP contribution < -0.4 is 10.1 Å². The summed E-state index contributed by atoms with van der Waals surface area (Å²) in [7, 11) is 0. The number of nitrogens with zero attached hydrogens (tertiary/aromatic N) is 1. The molecule has 30 heavy (non-hydrogen) atoms. The van der Waals surface area contributed by atoms with Gasteiger partial charge >= 0.3 is 0 Å². The summed E-state index contributed by atoms with van der Waals surface area (Å²) < 4.78 is 6.13. The molecule has 1 fully saturated rings. The molecule has 0 aliphatic carbocycles. The molecule has 1 saturated heterocycles. The molecule has 0 amide bonds. The minimum Gasteiger partial charge on any atom is -0.493 e. The number of anilines is 1. The van der Waals surface area contributed by atoms with Gasteiger partial charge in [0.05, 0.1) is 17.5 Å². The van der Waals surface area contributed by atoms with E-state index in [0.717, 1.165) is 41.6 Å². The molecule has 4 heteroatoms. The number of benzene rings is 2. The Labute approximate surface area is 185 Å². The highest BCUT2D eigenvalue weighted by Gasteiger charge is 2.36. The molecule has 2 atom stereocenters. The molecular weight excluding hydrogens is 388 g/mol. The van der Waals surface area contributed by atoms with Gasteiger partial charge in [0.2, 0.25) is 0 Å². The Balaban J connectivity index is 1.48. The van der Waals surface area contributed by atoms with Crippen molar-refractivity contribution in [1.82, 2.24) is 4.90 Å². The summed E-state index contributed by atoms with van der Waals surface area (Å²) in [6.07, 6.45) is 6.22. The van der Waals surface area contributed by atoms with Gasteiger partial charge in [0.1, 0.15) is 5.75 Å². The number of fused-ring (bicyclic) bond motifs is 2. The average Bonchev–Trinajstić information content (AvgIpc) is 3.34. The van der Waals surface area contributed by atoms with Crippen molar-refractivity contribution in [2.24, 2.45) is 5.92 Å². The van der Waals surface area contributed by atoms with E-state index in [0.29, 0.717) is 12.0 Å². The molecule has 2 aromatic rings. The number of nitrogens with one attached hydrogen (secondary N) is 1. The van der Waals surface area contributed by atoms with Crippen molar-refractivity contribution in [2.45, 2.75) is 45.1 Å². The van der Waals surface area contributed by atoms with Crippen molar-refractivity contribution in [1.29, 1.82) is 0 Å². The molecule has 1 N–H and O–H groups in total. The third kappa shape index (κ3) is 3.67. The van der Waals surface area contributed by atoms with Crippen LogP contribution in [0.2, 0.25) is 0 Å². The molecular formula is C26H30N2OS. The highest BCUT2D eigenvalue weighted by atomic mass is 32.1. The zero-order chi connectivity index (χ0) is 20.7. The van der Waals surface area contributed by atoms with E-state index in [4.69, 9.17) is 17.0 Å². The highest BCUT2D eigenvalue weighted by Crippen LogP contribution is 2.44. The molecule has 3 aliphatic heterocycles. The predicted octanol–water partition coefficient (Wildman–Crippen LogP) is 6.02. The van der Waals surface area contributed by atoms with Crippen LogP contribution in [0.15, 0.2) is 54.1 Å². The maximum absolute atomic E-state index is 6.13. The summed E-state index contributed by atoms with van der Waals surface area (Å²) in [5, 5.41) is 3.48. The van der Waals surface area contributed by atoms with E-state index in [1.807, 2.05) is 6.07 Å². The van der Waals surface area contributed by atoms with Gasteiger partial charge in [0.15, 0.2) is 0 Å². The first kappa shape index (κ1) is 19.8. The second kappa shape index (κ2) is 8.16. The molecule has 0 spiro atoms. The molecule has 5 rings (SSSR count). The van der Waals surface area contributed by atoms with E-state index < -0.39 is 0 Å². The maximum Gasteiger partial charge on any atom is 0.127 e. The lowest BCUT2D eigenvalue weighted by molar-refractivity contribution is 0.263. The Morgan fingerprint density at radius 1 is 1.20 bits per heavy atom. The summed E-state index contributed by atoms with van der Waals surface area (Å²) >= 11 is 5.81. The Kier molecular flexibility index (Phi) is 5.38. The van der Waals surface area contributed by atoms with Gasteiger partial charge in [-0.1, -0.05) is 62.0 Å². The lowest BCUT2D eigenvalue weighted by Gasteiger charge is -2.31. The second-order valence-electron chi connectivity index (χ2n) is 9.20. The van der Waals surface area contributed by atoms with Crippen LogP contribution in [0.1, 0.15) is 44.6 Å². The molecule has 0 radical (unpaired) electrons. The summed E-state index contributed by atoms with van der Waals surface area (Å²) in [4.78, 5) is 3.57. The smallest absolute Gasteiger partial charge is 0.127 e. The van der Waals surface area contributed by atoms with Crippen LogP contribution in [-0.2, 0) is 0 Å². The minimum absolute atomic E-state index is 0.210. The normalized spacial score (nSPS) is 23.2. The summed E-state index contributed by atoms with van der Waals surface area (Å²) in [6.45, 7) is 7.40. The van der Waals surface area contributed by atoms with Crippen molar-refractivity contribution in [3.05, 3.63) is 59.7 Å². The lowest BCUT2D eigenvalue weighted by Crippen LogP contribution is -2.34. The number of rotatable bonds is 5. The Hall–Kier alpha value is -2.17. The monoisotopic (exact) mass is 418 g/mol. The van der Waals surface area contributed by atoms with Crippen LogP contribution in [0, 0.1) is 5.92 Å². The zero-order valence-corrected chi connectivity index (χ0v) is 18.7. The fourth-order valence-electron chi connectivity index (χ4n) is 5.08. The Morgan fingerprint density at radius 2 is 2.07 bits per heavy atom. The van der Waals surface area contributed by atoms with Gasteiger partial charge in [-0.2, -0.15) is 0 Å². The van der Waals surface area contributed by atoms with Crippen LogP contribution in [0.3, 0.4) is 0 Å². The van der Waals surface area contributed by atoms with Crippen LogP contribution >= 0.6 is 12.2 Å². The van der Waals surface area contributed by atoms with Crippen LogP contribution in [0.5, 0.6) is 5.75 Å². The largest absolute Gasteiger partial charge is 0.493 e. The van der Waals surface area contributed by atoms with E-state index >= 15 is 0 Å². The summed E-state index contributed by atoms with van der Waals surface area (Å²) in [6, 6.07) is 15.8. The van der Waals surface area contributed by atoms with E-state index in [2.05, 4.69) is 66.5 Å². The van der Waals surface area contributed by atoms with Crippen LogP contribution in [0.4, 0.5) is 5.69 Å². The van der Waals surface area contributed by atoms with E-state index in [9.17, 15) is 0 Å². The Bertz CT molecular complexity index is 996. The highest BCUT2D eigenvalue weighted by molar-refractivity contribution is 7.80. The minimum atomic E-state index is 0.210. The molecule has 3 heterocycles. The van der Waals surface area contributed by atoms with E-state index in [-0.39, 0.29) is 5.92 Å². The van der Waals surface area contributed by atoms with Gasteiger partial charge in [-0.15, -0.1) is 0 Å². The standard InChI is InChI=1S/C26H30N2OS/c1-17(2)16-29-24-8-4-3-7-21(24)18-9-10-23-22(15-18)25(26(30)27-23)19-11-13-28-12-5-6-20(28)14-19/h3-4,7-11,15,17,20,25H,5-6,12-14,16H2,1-2H3,(H,27,30). The quantitative estimate of drug-likeness (QED) is 0.474. The lowest BCUT2D eigenvalue weighted by atomic mass is 9.85. The first-order chi connectivity index (χ1) is 14.6. The van der Waals surface area contributed by atoms with Crippen molar-refractivity contribution in [3.8, 4) is 16.9 Å². The first-order valence-electron chi connectivity index (χ1n) is 11.2. The van der Waals surface area contributed by atoms with Gasteiger partial charge in [0.25, 0.3) is 0 Å². The third-order valence-electron chi connectivity index (χ3n) is 6.58. The number of thiocarbonyl (C=S) groups is 1. The Morgan fingerprint density at radius 3 is 2.93 bits per heavy atom. The number of para-hydroxylation sites is 1. The number of hydrogen-bond donors (Lipinski definition) is 1. The second-order valence-corrected chi connectivity index (χ2v) is 9.64. The van der Waals surface area contributed by atoms with Gasteiger partial charge in [0, 0.05) is 23.8 Å². The van der Waals surface area contributed by atoms with Gasteiger partial charge in [-0.05, 0) is 61.1 Å². The first-order valence-corrected chi connectivity index (χ1v) is 11.6. The van der Waals surface area contributed by atoms with Crippen molar-refractivity contribution in [3.63, 3.8) is 0 Å². The molecule has 156 valence electrons. The number of hydrogen-bond acceptors (Lipinski definition) is 3. The molecule has 2 aromatic carbocycles. The molecule has 3 nitrogen and oxygen atoms in total. The molecule has 3 aliphatic rings. The van der Waals surface area contributed by atoms with Gasteiger partial charge < -0.3 is 10.1 Å².